The van der Waals surface area contributed by atoms with Gasteiger partial charge in [0.05, 0.1) is 17.3 Å². The summed E-state index contributed by atoms with van der Waals surface area (Å²) in [6.45, 7) is 2.45. The van der Waals surface area contributed by atoms with Crippen LogP contribution in [0.2, 0.25) is 10.0 Å². The van der Waals surface area contributed by atoms with Gasteiger partial charge in [0.25, 0.3) is 0 Å². The summed E-state index contributed by atoms with van der Waals surface area (Å²) in [4.78, 5) is 0. The summed E-state index contributed by atoms with van der Waals surface area (Å²) in [7, 11) is 1.83. The van der Waals surface area contributed by atoms with Gasteiger partial charge in [0.15, 0.2) is 10.8 Å². The van der Waals surface area contributed by atoms with Gasteiger partial charge >= 0.3 is 0 Å². The molecule has 0 saturated heterocycles. The zero-order valence-electron chi connectivity index (χ0n) is 14.5. The van der Waals surface area contributed by atoms with E-state index < -0.39 is 0 Å². The Bertz CT molecular complexity index is 1100. The molecule has 3 heterocycles. The van der Waals surface area contributed by atoms with Crippen molar-refractivity contribution in [2.24, 2.45) is 7.05 Å². The summed E-state index contributed by atoms with van der Waals surface area (Å²) in [5.74, 6) is 0.678. The van der Waals surface area contributed by atoms with Gasteiger partial charge in [0.1, 0.15) is 5.69 Å². The highest BCUT2D eigenvalue weighted by Crippen LogP contribution is 2.34. The van der Waals surface area contributed by atoms with Crippen LogP contribution in [-0.4, -0.2) is 29.8 Å². The van der Waals surface area contributed by atoms with Crippen LogP contribution in [0.25, 0.3) is 10.7 Å². The lowest BCUT2D eigenvalue weighted by atomic mass is 10.2. The van der Waals surface area contributed by atoms with Crippen molar-refractivity contribution >= 4 is 45.5 Å². The van der Waals surface area contributed by atoms with E-state index in [0.717, 1.165) is 22.0 Å². The van der Waals surface area contributed by atoms with Crippen LogP contribution >= 0.6 is 34.5 Å². The maximum Gasteiger partial charge on any atom is 0.211 e. The molecule has 0 spiro atoms. The number of nitrogens with zero attached hydrogens (tertiary/aromatic N) is 6. The van der Waals surface area contributed by atoms with E-state index in [1.54, 1.807) is 4.68 Å². The zero-order valence-corrected chi connectivity index (χ0v) is 16.8. The highest BCUT2D eigenvalue weighted by molar-refractivity contribution is 7.18. The van der Waals surface area contributed by atoms with E-state index in [1.165, 1.54) is 11.3 Å². The minimum atomic E-state index is 0.587. The number of nitrogens with one attached hydrogen (secondary N) is 1. The van der Waals surface area contributed by atoms with Gasteiger partial charge < -0.3 is 5.32 Å². The van der Waals surface area contributed by atoms with Gasteiger partial charge in [-0.25, -0.2) is 0 Å². The van der Waals surface area contributed by atoms with Crippen LogP contribution in [0.1, 0.15) is 11.3 Å². The smallest absolute Gasteiger partial charge is 0.211 e. The van der Waals surface area contributed by atoms with Crippen molar-refractivity contribution in [3.63, 3.8) is 0 Å². The third kappa shape index (κ3) is 3.69. The van der Waals surface area contributed by atoms with Crippen LogP contribution < -0.4 is 5.32 Å². The van der Waals surface area contributed by atoms with Gasteiger partial charge in [-0.1, -0.05) is 52.7 Å². The molecule has 0 atom stereocenters. The molecule has 0 aliphatic carbocycles. The lowest BCUT2D eigenvalue weighted by Gasteiger charge is -2.04. The van der Waals surface area contributed by atoms with E-state index in [9.17, 15) is 0 Å². The Morgan fingerprint density at radius 2 is 1.93 bits per heavy atom. The number of aromatic nitrogens is 6. The highest BCUT2D eigenvalue weighted by Gasteiger charge is 2.18. The minimum Gasteiger partial charge on any atom is -0.313 e. The second-order valence-corrected chi connectivity index (χ2v) is 7.66. The average Bonchev–Trinajstić information content (AvgIpc) is 3.32. The lowest BCUT2D eigenvalue weighted by Crippen LogP contribution is -2.01. The normalized spacial score (nSPS) is 11.1. The molecule has 0 unspecified atom stereocenters. The maximum atomic E-state index is 6.32. The molecule has 0 aliphatic heterocycles. The molecular formula is C17H15Cl2N7S. The topological polar surface area (TPSA) is 73.5 Å². The van der Waals surface area contributed by atoms with Crippen molar-refractivity contribution in [1.82, 2.24) is 29.8 Å². The predicted octanol–water partition coefficient (Wildman–Crippen LogP) is 4.54. The van der Waals surface area contributed by atoms with Crippen LogP contribution in [0.15, 0.2) is 36.5 Å². The number of anilines is 2. The fourth-order valence-corrected chi connectivity index (χ4v) is 4.00. The summed E-state index contributed by atoms with van der Waals surface area (Å²) in [5, 5.41) is 23.0. The van der Waals surface area contributed by atoms with Crippen molar-refractivity contribution in [3.8, 4) is 10.7 Å². The van der Waals surface area contributed by atoms with Gasteiger partial charge in [-0.05, 0) is 18.6 Å². The molecule has 4 rings (SSSR count). The summed E-state index contributed by atoms with van der Waals surface area (Å²) < 4.78 is 3.52. The summed E-state index contributed by atoms with van der Waals surface area (Å²) in [6.07, 6.45) is 1.88. The molecular weight excluding hydrogens is 405 g/mol. The van der Waals surface area contributed by atoms with Gasteiger partial charge in [0.2, 0.25) is 5.13 Å². The number of hydrogen-bond acceptors (Lipinski definition) is 6. The second-order valence-electron chi connectivity index (χ2n) is 5.90. The lowest BCUT2D eigenvalue weighted by molar-refractivity contribution is 0.690. The first kappa shape index (κ1) is 18.0. The van der Waals surface area contributed by atoms with Crippen molar-refractivity contribution in [1.29, 1.82) is 0 Å². The number of halogens is 2. The molecule has 7 nitrogen and oxygen atoms in total. The molecule has 4 aromatic rings. The first-order valence-electron chi connectivity index (χ1n) is 8.08. The third-order valence-corrected chi connectivity index (χ3v) is 5.61. The Hall–Kier alpha value is -2.42. The fraction of sp³-hybridized carbons (Fsp3) is 0.176. The molecule has 27 heavy (non-hydrogen) atoms. The van der Waals surface area contributed by atoms with Crippen molar-refractivity contribution in [3.05, 3.63) is 57.8 Å². The molecule has 3 aromatic heterocycles. The van der Waals surface area contributed by atoms with Gasteiger partial charge in [-0.15, -0.1) is 10.2 Å². The van der Waals surface area contributed by atoms with E-state index >= 15 is 0 Å². The van der Waals surface area contributed by atoms with Crippen LogP contribution in [-0.2, 0) is 13.6 Å². The van der Waals surface area contributed by atoms with Gasteiger partial charge in [-0.3, -0.25) is 9.36 Å². The van der Waals surface area contributed by atoms with E-state index in [1.807, 2.05) is 55.2 Å². The maximum absolute atomic E-state index is 6.32. The van der Waals surface area contributed by atoms with Crippen LogP contribution in [0.3, 0.4) is 0 Å². The molecule has 138 valence electrons. The average molecular weight is 420 g/mol. The van der Waals surface area contributed by atoms with Crippen molar-refractivity contribution in [2.45, 2.75) is 13.5 Å². The van der Waals surface area contributed by atoms with Gasteiger partial charge in [-0.2, -0.15) is 10.2 Å². The Labute approximate surface area is 169 Å². The molecule has 1 N–H and O–H groups in total. The van der Waals surface area contributed by atoms with E-state index in [2.05, 4.69) is 25.7 Å². The van der Waals surface area contributed by atoms with Crippen molar-refractivity contribution in [2.75, 3.05) is 5.32 Å². The van der Waals surface area contributed by atoms with Crippen LogP contribution in [0.5, 0.6) is 0 Å². The Kier molecular flexibility index (Phi) is 4.86. The van der Waals surface area contributed by atoms with E-state index in [4.69, 9.17) is 23.2 Å². The van der Waals surface area contributed by atoms with E-state index in [-0.39, 0.29) is 0 Å². The minimum absolute atomic E-state index is 0.587. The Balaban J connectivity index is 1.50. The number of rotatable bonds is 5. The quantitative estimate of drug-likeness (QED) is 0.513. The van der Waals surface area contributed by atoms with Gasteiger partial charge in [0, 0.05) is 24.3 Å². The largest absolute Gasteiger partial charge is 0.313 e. The predicted molar refractivity (Wildman–Crippen MR) is 108 cm³/mol. The van der Waals surface area contributed by atoms with Crippen molar-refractivity contribution < 1.29 is 0 Å². The molecule has 10 heteroatoms. The third-order valence-electron chi connectivity index (χ3n) is 3.94. The Morgan fingerprint density at radius 3 is 2.67 bits per heavy atom. The summed E-state index contributed by atoms with van der Waals surface area (Å²) in [5.41, 5.74) is 2.52. The molecule has 1 aromatic carbocycles. The molecule has 0 amide bonds. The Morgan fingerprint density at radius 1 is 1.11 bits per heavy atom. The standard InChI is InChI=1S/C17H15Cl2N7S/c1-10-14(19)15(25(2)23-10)16-21-22-17(27-16)20-13-7-8-26(24-13)9-11-5-3-4-6-12(11)18/h3-8H,9H2,1-2H3,(H,20,22,24). The first-order chi connectivity index (χ1) is 13.0. The van der Waals surface area contributed by atoms with Crippen LogP contribution in [0.4, 0.5) is 10.9 Å². The zero-order chi connectivity index (χ0) is 19.0. The summed E-state index contributed by atoms with van der Waals surface area (Å²) >= 11 is 13.9. The number of hydrogen-bond donors (Lipinski definition) is 1. The van der Waals surface area contributed by atoms with E-state index in [0.29, 0.717) is 27.5 Å². The molecule has 0 fully saturated rings. The SMILES string of the molecule is Cc1nn(C)c(-c2nnc(Nc3ccn(Cc4ccccc4Cl)n3)s2)c1Cl. The molecule has 0 aliphatic rings. The summed E-state index contributed by atoms with van der Waals surface area (Å²) in [6, 6.07) is 9.59. The molecule has 0 saturated carbocycles. The number of aryl methyl sites for hydroxylation is 2. The molecule has 0 bridgehead atoms. The highest BCUT2D eigenvalue weighted by atomic mass is 35.5. The first-order valence-corrected chi connectivity index (χ1v) is 9.65. The molecule has 0 radical (unpaired) electrons. The fourth-order valence-electron chi connectivity index (χ4n) is 2.66. The number of benzene rings is 1. The monoisotopic (exact) mass is 419 g/mol. The second kappa shape index (κ2) is 7.30. The van der Waals surface area contributed by atoms with Crippen LogP contribution in [0, 0.1) is 6.92 Å².